The number of rotatable bonds is 5. The second-order valence-corrected chi connectivity index (χ2v) is 6.12. The average molecular weight is 311 g/mol. The fourth-order valence-electron chi connectivity index (χ4n) is 2.36. The Morgan fingerprint density at radius 3 is 2.76 bits per heavy atom. The first-order chi connectivity index (χ1) is 10.1. The van der Waals surface area contributed by atoms with Gasteiger partial charge in [-0.1, -0.05) is 31.5 Å². The van der Waals surface area contributed by atoms with E-state index in [2.05, 4.69) is 24.1 Å². The van der Waals surface area contributed by atoms with Gasteiger partial charge in [0.05, 0.1) is 29.6 Å². The molecule has 0 radical (unpaired) electrons. The highest BCUT2D eigenvalue weighted by atomic mass is 35.5. The first kappa shape index (κ1) is 16.1. The summed E-state index contributed by atoms with van der Waals surface area (Å²) in [6, 6.07) is 5.63. The number of ether oxygens (including phenoxy) is 1. The predicted molar refractivity (Wildman–Crippen MR) is 87.2 cm³/mol. The lowest BCUT2D eigenvalue weighted by molar-refractivity contribution is -0.116. The maximum atomic E-state index is 12.1. The fourth-order valence-corrected chi connectivity index (χ4v) is 2.65. The van der Waals surface area contributed by atoms with Crippen LogP contribution < -0.4 is 10.2 Å². The molecule has 2 rings (SSSR count). The van der Waals surface area contributed by atoms with Crippen LogP contribution in [-0.2, 0) is 9.53 Å². The van der Waals surface area contributed by atoms with Gasteiger partial charge in [-0.25, -0.2) is 0 Å². The average Bonchev–Trinajstić information content (AvgIpc) is 2.46. The van der Waals surface area contributed by atoms with Gasteiger partial charge in [0.2, 0.25) is 5.91 Å². The molecule has 1 fully saturated rings. The molecule has 0 unspecified atom stereocenters. The van der Waals surface area contributed by atoms with Gasteiger partial charge in [-0.3, -0.25) is 4.79 Å². The largest absolute Gasteiger partial charge is 0.378 e. The van der Waals surface area contributed by atoms with Crippen molar-refractivity contribution in [2.24, 2.45) is 5.92 Å². The van der Waals surface area contributed by atoms with Gasteiger partial charge >= 0.3 is 0 Å². The normalized spacial score (nSPS) is 15.3. The first-order valence-electron chi connectivity index (χ1n) is 7.49. The van der Waals surface area contributed by atoms with Crippen LogP contribution in [0.4, 0.5) is 11.4 Å². The molecule has 0 atom stereocenters. The molecule has 0 aliphatic carbocycles. The van der Waals surface area contributed by atoms with Gasteiger partial charge in [0.15, 0.2) is 0 Å². The Morgan fingerprint density at radius 2 is 2.10 bits per heavy atom. The maximum absolute atomic E-state index is 12.1. The van der Waals surface area contributed by atoms with E-state index in [1.807, 2.05) is 18.2 Å². The molecular formula is C16H23ClN2O2. The predicted octanol–water partition coefficient (Wildman–Crippen LogP) is 3.55. The molecule has 0 aromatic heterocycles. The molecule has 1 aromatic carbocycles. The number of para-hydroxylation sites is 1. The number of carbonyl (C=O) groups excluding carboxylic acids is 1. The summed E-state index contributed by atoms with van der Waals surface area (Å²) in [5.41, 5.74) is 1.69. The minimum Gasteiger partial charge on any atom is -0.378 e. The van der Waals surface area contributed by atoms with Crippen LogP contribution in [0.1, 0.15) is 26.7 Å². The Kier molecular flexibility index (Phi) is 5.88. The van der Waals surface area contributed by atoms with E-state index in [1.165, 1.54) is 0 Å². The van der Waals surface area contributed by atoms with Gasteiger partial charge in [-0.05, 0) is 24.5 Å². The van der Waals surface area contributed by atoms with Crippen molar-refractivity contribution in [3.05, 3.63) is 23.2 Å². The van der Waals surface area contributed by atoms with Crippen LogP contribution in [-0.4, -0.2) is 32.2 Å². The minimum absolute atomic E-state index is 0.0421. The molecule has 4 nitrogen and oxygen atoms in total. The number of nitrogens with one attached hydrogen (secondary N) is 1. The topological polar surface area (TPSA) is 41.6 Å². The molecule has 21 heavy (non-hydrogen) atoms. The van der Waals surface area contributed by atoms with E-state index in [4.69, 9.17) is 16.3 Å². The van der Waals surface area contributed by atoms with Crippen LogP contribution in [0.25, 0.3) is 0 Å². The van der Waals surface area contributed by atoms with Gasteiger partial charge in [-0.2, -0.15) is 0 Å². The molecule has 1 heterocycles. The first-order valence-corrected chi connectivity index (χ1v) is 7.87. The van der Waals surface area contributed by atoms with E-state index in [-0.39, 0.29) is 5.91 Å². The molecular weight excluding hydrogens is 288 g/mol. The number of halogens is 1. The highest BCUT2D eigenvalue weighted by Gasteiger charge is 2.18. The Balaban J connectivity index is 2.11. The summed E-state index contributed by atoms with van der Waals surface area (Å²) >= 11 is 6.34. The summed E-state index contributed by atoms with van der Waals surface area (Å²) in [6.45, 7) is 7.19. The maximum Gasteiger partial charge on any atom is 0.224 e. The lowest BCUT2D eigenvalue weighted by atomic mass is 10.1. The molecule has 1 amide bonds. The zero-order valence-electron chi connectivity index (χ0n) is 12.7. The number of hydrogen-bond acceptors (Lipinski definition) is 3. The number of carbonyl (C=O) groups is 1. The molecule has 1 aromatic rings. The van der Waals surface area contributed by atoms with Crippen LogP contribution >= 0.6 is 11.6 Å². The summed E-state index contributed by atoms with van der Waals surface area (Å²) in [4.78, 5) is 14.2. The van der Waals surface area contributed by atoms with Gasteiger partial charge in [-0.15, -0.1) is 0 Å². The molecule has 0 saturated carbocycles. The summed E-state index contributed by atoms with van der Waals surface area (Å²) in [5, 5.41) is 3.66. The van der Waals surface area contributed by atoms with Gasteiger partial charge in [0.25, 0.3) is 0 Å². The molecule has 1 aliphatic rings. The quantitative estimate of drug-likeness (QED) is 0.904. The van der Waals surface area contributed by atoms with Crippen LogP contribution in [0.5, 0.6) is 0 Å². The molecule has 1 saturated heterocycles. The summed E-state index contributed by atoms with van der Waals surface area (Å²) < 4.78 is 5.37. The van der Waals surface area contributed by atoms with Crippen molar-refractivity contribution < 1.29 is 9.53 Å². The number of hydrogen-bond donors (Lipinski definition) is 1. The van der Waals surface area contributed by atoms with Crippen LogP contribution in [0.2, 0.25) is 5.02 Å². The van der Waals surface area contributed by atoms with Crippen molar-refractivity contribution >= 4 is 28.9 Å². The summed E-state index contributed by atoms with van der Waals surface area (Å²) in [5.74, 6) is 0.564. The van der Waals surface area contributed by atoms with E-state index in [1.54, 1.807) is 0 Å². The van der Waals surface area contributed by atoms with Crippen LogP contribution in [0, 0.1) is 5.92 Å². The standard InChI is InChI=1S/C16H23ClN2O2/c1-12(2)6-7-15(20)18-14-5-3-4-13(17)16(14)19-8-10-21-11-9-19/h3-5,12H,6-11H2,1-2H3,(H,18,20). The molecule has 1 N–H and O–H groups in total. The Labute approximate surface area is 131 Å². The SMILES string of the molecule is CC(C)CCC(=O)Nc1cccc(Cl)c1N1CCOCC1. The number of nitrogens with zero attached hydrogens (tertiary/aromatic N) is 1. The van der Waals surface area contributed by atoms with Crippen LogP contribution in [0.3, 0.4) is 0 Å². The smallest absolute Gasteiger partial charge is 0.224 e. The van der Waals surface area contributed by atoms with E-state index in [0.29, 0.717) is 30.6 Å². The zero-order valence-corrected chi connectivity index (χ0v) is 13.4. The number of morpholine rings is 1. The summed E-state index contributed by atoms with van der Waals surface area (Å²) in [7, 11) is 0. The van der Waals surface area contributed by atoms with Gasteiger partial charge in [0.1, 0.15) is 0 Å². The Morgan fingerprint density at radius 1 is 1.38 bits per heavy atom. The molecule has 5 heteroatoms. The Bertz CT molecular complexity index is 485. The second kappa shape index (κ2) is 7.66. The summed E-state index contributed by atoms with van der Waals surface area (Å²) in [6.07, 6.45) is 1.42. The highest BCUT2D eigenvalue weighted by molar-refractivity contribution is 6.34. The zero-order chi connectivity index (χ0) is 15.2. The van der Waals surface area contributed by atoms with E-state index in [9.17, 15) is 4.79 Å². The monoisotopic (exact) mass is 310 g/mol. The number of anilines is 2. The van der Waals surface area contributed by atoms with Crippen molar-refractivity contribution in [1.82, 2.24) is 0 Å². The molecule has 116 valence electrons. The van der Waals surface area contributed by atoms with Crippen molar-refractivity contribution in [3.63, 3.8) is 0 Å². The van der Waals surface area contributed by atoms with Crippen molar-refractivity contribution in [2.45, 2.75) is 26.7 Å². The van der Waals surface area contributed by atoms with Crippen LogP contribution in [0.15, 0.2) is 18.2 Å². The third kappa shape index (κ3) is 4.61. The lowest BCUT2D eigenvalue weighted by Crippen LogP contribution is -2.37. The number of benzene rings is 1. The van der Waals surface area contributed by atoms with Crippen molar-refractivity contribution in [1.29, 1.82) is 0 Å². The molecule has 1 aliphatic heterocycles. The lowest BCUT2D eigenvalue weighted by Gasteiger charge is -2.31. The number of amides is 1. The van der Waals surface area contributed by atoms with Crippen molar-refractivity contribution in [2.75, 3.05) is 36.5 Å². The third-order valence-electron chi connectivity index (χ3n) is 3.54. The second-order valence-electron chi connectivity index (χ2n) is 5.72. The third-order valence-corrected chi connectivity index (χ3v) is 3.84. The molecule has 0 spiro atoms. The molecule has 0 bridgehead atoms. The van der Waals surface area contributed by atoms with E-state index in [0.717, 1.165) is 30.9 Å². The van der Waals surface area contributed by atoms with Gasteiger partial charge in [0, 0.05) is 19.5 Å². The van der Waals surface area contributed by atoms with E-state index >= 15 is 0 Å². The fraction of sp³-hybridized carbons (Fsp3) is 0.562. The van der Waals surface area contributed by atoms with Crippen molar-refractivity contribution in [3.8, 4) is 0 Å². The Hall–Kier alpha value is -1.26. The van der Waals surface area contributed by atoms with E-state index < -0.39 is 0 Å². The van der Waals surface area contributed by atoms with Gasteiger partial charge < -0.3 is 15.0 Å². The highest BCUT2D eigenvalue weighted by Crippen LogP contribution is 2.34. The minimum atomic E-state index is 0.0421.